The number of rotatable bonds is 5. The van der Waals surface area contributed by atoms with Crippen LogP contribution in [-0.2, 0) is 17.4 Å². The van der Waals surface area contributed by atoms with Gasteiger partial charge in [0.05, 0.1) is 12.0 Å². The van der Waals surface area contributed by atoms with Crippen LogP contribution in [0.4, 0.5) is 17.6 Å². The number of hydrogen-bond donors (Lipinski definition) is 1. The maximum atomic E-state index is 15.3. The van der Waals surface area contributed by atoms with Crippen LogP contribution in [0.1, 0.15) is 61.9 Å². The average Bonchev–Trinajstić information content (AvgIpc) is 2.53. The first-order chi connectivity index (χ1) is 12.4. The summed E-state index contributed by atoms with van der Waals surface area (Å²) in [6, 6.07) is 4.34. The van der Waals surface area contributed by atoms with Crippen LogP contribution in [0.15, 0.2) is 24.3 Å². The van der Waals surface area contributed by atoms with Gasteiger partial charge in [-0.25, -0.2) is 9.37 Å². The van der Waals surface area contributed by atoms with E-state index in [2.05, 4.69) is 4.98 Å². The first-order valence-electron chi connectivity index (χ1n) is 8.55. The molecule has 1 heterocycles. The summed E-state index contributed by atoms with van der Waals surface area (Å²) in [6.45, 7) is 6.99. The molecule has 0 fully saturated rings. The molecule has 146 valence electrons. The highest BCUT2D eigenvalue weighted by Gasteiger charge is 2.31. The number of carboxylic acids is 1. The fraction of sp³-hybridized carbons (Fsp3) is 0.400. The Morgan fingerprint density at radius 2 is 1.78 bits per heavy atom. The molecule has 1 aromatic heterocycles. The van der Waals surface area contributed by atoms with Crippen molar-refractivity contribution in [1.29, 1.82) is 0 Å². The Morgan fingerprint density at radius 1 is 1.15 bits per heavy atom. The minimum Gasteiger partial charge on any atom is -0.481 e. The summed E-state index contributed by atoms with van der Waals surface area (Å²) in [6.07, 6.45) is -4.95. The van der Waals surface area contributed by atoms with Crippen molar-refractivity contribution >= 4 is 5.97 Å². The van der Waals surface area contributed by atoms with Crippen LogP contribution in [0.5, 0.6) is 0 Å². The highest BCUT2D eigenvalue weighted by Crippen LogP contribution is 2.37. The van der Waals surface area contributed by atoms with E-state index in [-0.39, 0.29) is 28.7 Å². The molecule has 0 bridgehead atoms. The fourth-order valence-corrected chi connectivity index (χ4v) is 3.09. The third kappa shape index (κ3) is 4.46. The number of benzene rings is 1. The Hall–Kier alpha value is -2.44. The van der Waals surface area contributed by atoms with Gasteiger partial charge >= 0.3 is 12.1 Å². The first kappa shape index (κ1) is 20.9. The van der Waals surface area contributed by atoms with Gasteiger partial charge in [0, 0.05) is 11.3 Å². The minimum absolute atomic E-state index is 0.00741. The van der Waals surface area contributed by atoms with Gasteiger partial charge in [-0.05, 0) is 35.1 Å². The third-order valence-electron chi connectivity index (χ3n) is 4.23. The number of carboxylic acid groups (broad SMARTS) is 1. The van der Waals surface area contributed by atoms with Gasteiger partial charge in [0.1, 0.15) is 5.69 Å². The Kier molecular flexibility index (Phi) is 5.92. The van der Waals surface area contributed by atoms with Crippen molar-refractivity contribution in [2.75, 3.05) is 0 Å². The zero-order valence-electron chi connectivity index (χ0n) is 15.5. The van der Waals surface area contributed by atoms with Crippen molar-refractivity contribution in [1.82, 2.24) is 4.98 Å². The molecular formula is C20H21F4NO2. The van der Waals surface area contributed by atoms with Gasteiger partial charge in [0.25, 0.3) is 0 Å². The highest BCUT2D eigenvalue weighted by atomic mass is 19.4. The van der Waals surface area contributed by atoms with Gasteiger partial charge in [0.2, 0.25) is 0 Å². The molecule has 1 aromatic carbocycles. The fourth-order valence-electron chi connectivity index (χ4n) is 3.09. The van der Waals surface area contributed by atoms with Crippen molar-refractivity contribution in [3.05, 3.63) is 52.5 Å². The van der Waals surface area contributed by atoms with Crippen molar-refractivity contribution < 1.29 is 27.5 Å². The summed E-state index contributed by atoms with van der Waals surface area (Å²) in [5.41, 5.74) is -0.220. The van der Waals surface area contributed by atoms with Crippen LogP contribution >= 0.6 is 0 Å². The molecule has 0 unspecified atom stereocenters. The van der Waals surface area contributed by atoms with Gasteiger partial charge in [0.15, 0.2) is 5.82 Å². The maximum Gasteiger partial charge on any atom is 0.416 e. The molecule has 0 atom stereocenters. The molecule has 27 heavy (non-hydrogen) atoms. The number of hydrogen-bond acceptors (Lipinski definition) is 2. The molecule has 3 nitrogen and oxygen atoms in total. The number of halogens is 4. The van der Waals surface area contributed by atoms with Crippen molar-refractivity contribution in [3.63, 3.8) is 0 Å². The van der Waals surface area contributed by atoms with E-state index in [0.717, 1.165) is 12.1 Å². The van der Waals surface area contributed by atoms with Crippen LogP contribution in [0.2, 0.25) is 0 Å². The molecule has 2 aromatic rings. The Bertz CT molecular complexity index is 858. The normalized spacial score (nSPS) is 12.1. The second kappa shape index (κ2) is 7.66. The molecule has 7 heteroatoms. The van der Waals surface area contributed by atoms with Gasteiger partial charge < -0.3 is 5.11 Å². The lowest BCUT2D eigenvalue weighted by molar-refractivity contribution is -0.138. The molecule has 0 aliphatic rings. The molecule has 1 N–H and O–H groups in total. The number of carbonyl (C=O) groups is 1. The standard InChI is InChI=1S/C20H21F4NO2/c1-10(2)16-14(9-15(26)27)18(11(3)4)25-19(17(16)21)12-6-5-7-13(8-12)20(22,23)24/h5-8,10-11H,9H2,1-4H3,(H,26,27). The summed E-state index contributed by atoms with van der Waals surface area (Å²) in [4.78, 5) is 15.5. The molecule has 0 spiro atoms. The smallest absolute Gasteiger partial charge is 0.416 e. The minimum atomic E-state index is -4.56. The average molecular weight is 383 g/mol. The predicted octanol–water partition coefficient (Wildman–Crippen LogP) is 5.78. The number of aromatic nitrogens is 1. The third-order valence-corrected chi connectivity index (χ3v) is 4.23. The largest absolute Gasteiger partial charge is 0.481 e. The summed E-state index contributed by atoms with van der Waals surface area (Å²) < 4.78 is 54.3. The molecule has 0 aliphatic heterocycles. The number of nitrogens with zero attached hydrogens (tertiary/aromatic N) is 1. The Morgan fingerprint density at radius 3 is 2.26 bits per heavy atom. The Labute approximate surface area is 155 Å². The van der Waals surface area contributed by atoms with E-state index in [9.17, 15) is 23.1 Å². The second-order valence-corrected chi connectivity index (χ2v) is 7.01. The molecule has 0 radical (unpaired) electrons. The van der Waals surface area contributed by atoms with E-state index < -0.39 is 29.9 Å². The summed E-state index contributed by atoms with van der Waals surface area (Å²) in [7, 11) is 0. The second-order valence-electron chi connectivity index (χ2n) is 7.01. The molecule has 2 rings (SSSR count). The summed E-state index contributed by atoms with van der Waals surface area (Å²) in [5.74, 6) is -2.47. The first-order valence-corrected chi connectivity index (χ1v) is 8.55. The lowest BCUT2D eigenvalue weighted by Gasteiger charge is -2.21. The van der Waals surface area contributed by atoms with E-state index >= 15 is 4.39 Å². The monoisotopic (exact) mass is 383 g/mol. The van der Waals surface area contributed by atoms with Crippen LogP contribution in [0.3, 0.4) is 0 Å². The van der Waals surface area contributed by atoms with Crippen LogP contribution in [0.25, 0.3) is 11.3 Å². The van der Waals surface area contributed by atoms with E-state index in [1.807, 2.05) is 0 Å². The molecule has 0 amide bonds. The van der Waals surface area contributed by atoms with E-state index in [4.69, 9.17) is 0 Å². The lowest BCUT2D eigenvalue weighted by atomic mass is 9.88. The maximum absolute atomic E-state index is 15.3. The van der Waals surface area contributed by atoms with E-state index in [1.54, 1.807) is 27.7 Å². The van der Waals surface area contributed by atoms with Crippen molar-refractivity contribution in [2.24, 2.45) is 0 Å². The van der Waals surface area contributed by atoms with Gasteiger partial charge in [-0.1, -0.05) is 39.8 Å². The zero-order valence-corrected chi connectivity index (χ0v) is 15.5. The predicted molar refractivity (Wildman–Crippen MR) is 94.2 cm³/mol. The quantitative estimate of drug-likeness (QED) is 0.666. The molecular weight excluding hydrogens is 362 g/mol. The molecule has 0 saturated carbocycles. The topological polar surface area (TPSA) is 50.2 Å². The number of aliphatic carboxylic acids is 1. The van der Waals surface area contributed by atoms with Crippen molar-refractivity contribution in [3.8, 4) is 11.3 Å². The number of alkyl halides is 3. The lowest BCUT2D eigenvalue weighted by Crippen LogP contribution is -2.15. The van der Waals surface area contributed by atoms with E-state index in [0.29, 0.717) is 11.3 Å². The van der Waals surface area contributed by atoms with Crippen LogP contribution < -0.4 is 0 Å². The van der Waals surface area contributed by atoms with Crippen LogP contribution in [0, 0.1) is 5.82 Å². The highest BCUT2D eigenvalue weighted by molar-refractivity contribution is 5.73. The van der Waals surface area contributed by atoms with Gasteiger partial charge in [-0.2, -0.15) is 13.2 Å². The van der Waals surface area contributed by atoms with Crippen molar-refractivity contribution in [2.45, 2.75) is 52.1 Å². The Balaban J connectivity index is 2.81. The summed E-state index contributed by atoms with van der Waals surface area (Å²) in [5, 5.41) is 9.21. The van der Waals surface area contributed by atoms with Gasteiger partial charge in [-0.3, -0.25) is 4.79 Å². The summed E-state index contributed by atoms with van der Waals surface area (Å²) >= 11 is 0. The molecule has 0 aliphatic carbocycles. The van der Waals surface area contributed by atoms with Crippen LogP contribution in [-0.4, -0.2) is 16.1 Å². The zero-order chi connectivity index (χ0) is 20.5. The van der Waals surface area contributed by atoms with E-state index in [1.165, 1.54) is 12.1 Å². The number of pyridine rings is 1. The van der Waals surface area contributed by atoms with Gasteiger partial charge in [-0.15, -0.1) is 0 Å². The SMILES string of the molecule is CC(C)c1nc(-c2cccc(C(F)(F)F)c2)c(F)c(C(C)C)c1CC(=O)O. The molecule has 0 saturated heterocycles.